The highest BCUT2D eigenvalue weighted by atomic mass is 32.2. The first-order valence-electron chi connectivity index (χ1n) is 6.88. The van der Waals surface area contributed by atoms with E-state index in [9.17, 15) is 8.42 Å². The number of hydrogen-bond donors (Lipinski definition) is 1. The molecule has 5 heteroatoms. The molecule has 4 nitrogen and oxygen atoms in total. The summed E-state index contributed by atoms with van der Waals surface area (Å²) in [6, 6.07) is 0.713. The lowest BCUT2D eigenvalue weighted by Gasteiger charge is -2.26. The van der Waals surface area contributed by atoms with Crippen LogP contribution in [0.15, 0.2) is 0 Å². The first-order valence-corrected chi connectivity index (χ1v) is 8.49. The van der Waals surface area contributed by atoms with Crippen molar-refractivity contribution >= 4 is 10.0 Å². The predicted octanol–water partition coefficient (Wildman–Crippen LogP) is 1.83. The summed E-state index contributed by atoms with van der Waals surface area (Å²) in [6.45, 7) is 7.69. The van der Waals surface area contributed by atoms with E-state index < -0.39 is 10.0 Å². The molecule has 0 spiro atoms. The number of unbranched alkanes of at least 4 members (excludes halogenated alkanes) is 1. The lowest BCUT2D eigenvalue weighted by molar-refractivity contribution is 0.310. The maximum Gasteiger partial charge on any atom is 0.213 e. The Balaban J connectivity index is 2.20. The van der Waals surface area contributed by atoms with Crippen LogP contribution in [0.4, 0.5) is 0 Å². The molecule has 1 fully saturated rings. The Morgan fingerprint density at radius 3 is 2.33 bits per heavy atom. The Bertz CT molecular complexity index is 342. The molecule has 0 aromatic rings. The lowest BCUT2D eigenvalue weighted by Crippen LogP contribution is -2.36. The lowest BCUT2D eigenvalue weighted by atomic mass is 9.97. The molecular weight excluding hydrogens is 248 g/mol. The maximum atomic E-state index is 12.0. The highest BCUT2D eigenvalue weighted by Gasteiger charge is 2.23. The van der Waals surface area contributed by atoms with Gasteiger partial charge in [0.1, 0.15) is 0 Å². The monoisotopic (exact) mass is 276 g/mol. The van der Waals surface area contributed by atoms with Crippen molar-refractivity contribution in [1.29, 1.82) is 0 Å². The standard InChI is InChI=1S/C13H28N2O2S/c1-13(2,3)11-15(4)18(16,17)10-6-5-9-14-12-7-8-12/h12,14H,5-11H2,1-4H3. The number of sulfonamides is 1. The van der Waals surface area contributed by atoms with E-state index in [1.807, 2.05) is 0 Å². The quantitative estimate of drug-likeness (QED) is 0.688. The van der Waals surface area contributed by atoms with Gasteiger partial charge in [-0.2, -0.15) is 0 Å². The molecule has 0 radical (unpaired) electrons. The van der Waals surface area contributed by atoms with Crippen molar-refractivity contribution in [2.45, 2.75) is 52.5 Å². The van der Waals surface area contributed by atoms with E-state index in [1.54, 1.807) is 7.05 Å². The van der Waals surface area contributed by atoms with E-state index in [4.69, 9.17) is 0 Å². The van der Waals surface area contributed by atoms with Gasteiger partial charge in [0.05, 0.1) is 5.75 Å². The Morgan fingerprint density at radius 2 is 1.83 bits per heavy atom. The molecular formula is C13H28N2O2S. The number of nitrogens with zero attached hydrogens (tertiary/aromatic N) is 1. The van der Waals surface area contributed by atoms with Crippen LogP contribution >= 0.6 is 0 Å². The SMILES string of the molecule is CN(CC(C)(C)C)S(=O)(=O)CCCCNC1CC1. The Hall–Kier alpha value is -0.130. The molecule has 0 aromatic carbocycles. The molecule has 0 bridgehead atoms. The molecule has 1 saturated carbocycles. The smallest absolute Gasteiger partial charge is 0.213 e. The van der Waals surface area contributed by atoms with Crippen LogP contribution < -0.4 is 5.32 Å². The van der Waals surface area contributed by atoms with Gasteiger partial charge in [-0.15, -0.1) is 0 Å². The molecule has 1 aliphatic carbocycles. The summed E-state index contributed by atoms with van der Waals surface area (Å²) in [5.41, 5.74) is 0.00927. The fourth-order valence-electron chi connectivity index (χ4n) is 1.93. The Kier molecular flexibility index (Phi) is 5.62. The van der Waals surface area contributed by atoms with Gasteiger partial charge >= 0.3 is 0 Å². The van der Waals surface area contributed by atoms with E-state index in [0.717, 1.165) is 19.4 Å². The minimum Gasteiger partial charge on any atom is -0.314 e. The topological polar surface area (TPSA) is 49.4 Å². The van der Waals surface area contributed by atoms with Crippen molar-refractivity contribution in [3.63, 3.8) is 0 Å². The first kappa shape index (κ1) is 15.9. The Labute approximate surface area is 112 Å². The van der Waals surface area contributed by atoms with Gasteiger partial charge < -0.3 is 5.32 Å². The van der Waals surface area contributed by atoms with E-state index in [1.165, 1.54) is 17.1 Å². The van der Waals surface area contributed by atoms with Gasteiger partial charge in [0, 0.05) is 19.6 Å². The molecule has 1 N–H and O–H groups in total. The van der Waals surface area contributed by atoms with E-state index >= 15 is 0 Å². The third-order valence-electron chi connectivity index (χ3n) is 3.01. The first-order chi connectivity index (χ1) is 8.21. The normalized spacial score (nSPS) is 17.4. The van der Waals surface area contributed by atoms with Gasteiger partial charge in [-0.25, -0.2) is 12.7 Å². The maximum absolute atomic E-state index is 12.0. The minimum atomic E-state index is -3.07. The van der Waals surface area contributed by atoms with Crippen molar-refractivity contribution in [3.8, 4) is 0 Å². The fraction of sp³-hybridized carbons (Fsp3) is 1.00. The summed E-state index contributed by atoms with van der Waals surface area (Å²) < 4.78 is 25.5. The fourth-order valence-corrected chi connectivity index (χ4v) is 3.39. The van der Waals surface area contributed by atoms with Crippen molar-refractivity contribution < 1.29 is 8.42 Å². The second kappa shape index (κ2) is 6.35. The summed E-state index contributed by atoms with van der Waals surface area (Å²) in [6.07, 6.45) is 4.26. The summed E-state index contributed by atoms with van der Waals surface area (Å²) in [4.78, 5) is 0. The largest absolute Gasteiger partial charge is 0.314 e. The third kappa shape index (κ3) is 6.71. The second-order valence-corrected chi connectivity index (χ2v) is 8.76. The zero-order valence-electron chi connectivity index (χ0n) is 12.2. The van der Waals surface area contributed by atoms with E-state index in [2.05, 4.69) is 26.1 Å². The van der Waals surface area contributed by atoms with Crippen molar-refractivity contribution in [2.75, 3.05) is 25.9 Å². The van der Waals surface area contributed by atoms with Crippen LogP contribution in [0, 0.1) is 5.41 Å². The third-order valence-corrected chi connectivity index (χ3v) is 4.89. The average molecular weight is 276 g/mol. The predicted molar refractivity (Wildman–Crippen MR) is 76.1 cm³/mol. The molecule has 0 saturated heterocycles. The zero-order valence-corrected chi connectivity index (χ0v) is 13.0. The summed E-state index contributed by atoms with van der Waals surface area (Å²) in [7, 11) is -1.39. The van der Waals surface area contributed by atoms with Crippen molar-refractivity contribution in [2.24, 2.45) is 5.41 Å². The van der Waals surface area contributed by atoms with Crippen LogP contribution in [-0.2, 0) is 10.0 Å². The molecule has 0 atom stereocenters. The van der Waals surface area contributed by atoms with Gasteiger partial charge in [-0.1, -0.05) is 20.8 Å². The summed E-state index contributed by atoms with van der Waals surface area (Å²) in [5, 5.41) is 3.40. The summed E-state index contributed by atoms with van der Waals surface area (Å²) in [5.74, 6) is 0.270. The van der Waals surface area contributed by atoms with Crippen LogP contribution in [0.2, 0.25) is 0 Å². The molecule has 0 aromatic heterocycles. The molecule has 0 unspecified atom stereocenters. The van der Waals surface area contributed by atoms with Gasteiger partial charge in [0.2, 0.25) is 10.0 Å². The Morgan fingerprint density at radius 1 is 1.22 bits per heavy atom. The second-order valence-electron chi connectivity index (χ2n) is 6.57. The number of nitrogens with one attached hydrogen (secondary N) is 1. The highest BCUT2D eigenvalue weighted by Crippen LogP contribution is 2.19. The number of hydrogen-bond acceptors (Lipinski definition) is 3. The van der Waals surface area contributed by atoms with Crippen molar-refractivity contribution in [3.05, 3.63) is 0 Å². The summed E-state index contributed by atoms with van der Waals surface area (Å²) >= 11 is 0. The van der Waals surface area contributed by atoms with Gasteiger partial charge in [-0.05, 0) is 37.6 Å². The van der Waals surface area contributed by atoms with Crippen LogP contribution in [0.25, 0.3) is 0 Å². The molecule has 1 aliphatic rings. The van der Waals surface area contributed by atoms with Crippen LogP contribution in [0.5, 0.6) is 0 Å². The molecule has 108 valence electrons. The van der Waals surface area contributed by atoms with Gasteiger partial charge in [-0.3, -0.25) is 0 Å². The molecule has 0 heterocycles. The van der Waals surface area contributed by atoms with Crippen LogP contribution in [-0.4, -0.2) is 44.7 Å². The van der Waals surface area contributed by atoms with E-state index in [0.29, 0.717) is 12.6 Å². The van der Waals surface area contributed by atoms with Crippen LogP contribution in [0.3, 0.4) is 0 Å². The van der Waals surface area contributed by atoms with Gasteiger partial charge in [0.15, 0.2) is 0 Å². The molecule has 1 rings (SSSR count). The minimum absolute atomic E-state index is 0.00927. The average Bonchev–Trinajstić information content (AvgIpc) is 2.98. The molecule has 0 aliphatic heterocycles. The van der Waals surface area contributed by atoms with Gasteiger partial charge in [0.25, 0.3) is 0 Å². The zero-order chi connectivity index (χ0) is 13.8. The van der Waals surface area contributed by atoms with E-state index in [-0.39, 0.29) is 11.2 Å². The van der Waals surface area contributed by atoms with Crippen LogP contribution in [0.1, 0.15) is 46.5 Å². The molecule has 0 amide bonds. The highest BCUT2D eigenvalue weighted by molar-refractivity contribution is 7.89. The number of rotatable bonds is 8. The molecule has 18 heavy (non-hydrogen) atoms. The van der Waals surface area contributed by atoms with Crippen molar-refractivity contribution in [1.82, 2.24) is 9.62 Å².